The van der Waals surface area contributed by atoms with Crippen molar-refractivity contribution in [1.82, 2.24) is 0 Å². The zero-order valence-corrected chi connectivity index (χ0v) is 7.64. The predicted molar refractivity (Wildman–Crippen MR) is 55.4 cm³/mol. The van der Waals surface area contributed by atoms with Gasteiger partial charge in [0.25, 0.3) is 0 Å². The van der Waals surface area contributed by atoms with Crippen LogP contribution in [0.2, 0.25) is 0 Å². The maximum absolute atomic E-state index is 4.10. The first-order chi connectivity index (χ1) is 6.38. The van der Waals surface area contributed by atoms with Crippen LogP contribution in [-0.2, 0) is 0 Å². The van der Waals surface area contributed by atoms with Crippen molar-refractivity contribution in [1.29, 1.82) is 0 Å². The van der Waals surface area contributed by atoms with Crippen LogP contribution in [0.25, 0.3) is 0 Å². The Morgan fingerprint density at radius 1 is 1.23 bits per heavy atom. The maximum Gasteiger partial charge on any atom is 0.0531 e. The summed E-state index contributed by atoms with van der Waals surface area (Å²) in [7, 11) is 0. The van der Waals surface area contributed by atoms with Gasteiger partial charge in [0.1, 0.15) is 0 Å². The van der Waals surface area contributed by atoms with Crippen molar-refractivity contribution in [3.05, 3.63) is 35.9 Å². The number of rotatable bonds is 2. The van der Waals surface area contributed by atoms with Crippen molar-refractivity contribution in [3.8, 4) is 0 Å². The fraction of sp³-hybridized carbons (Fsp3) is 0.273. The molecule has 0 aromatic heterocycles. The zero-order chi connectivity index (χ0) is 9.10. The third-order valence-electron chi connectivity index (χ3n) is 2.37. The Kier molecular flexibility index (Phi) is 2.21. The fourth-order valence-corrected chi connectivity index (χ4v) is 1.49. The van der Waals surface area contributed by atoms with Crippen LogP contribution in [-0.4, -0.2) is 11.9 Å². The summed E-state index contributed by atoms with van der Waals surface area (Å²) in [6.07, 6.45) is 2.75. The minimum Gasteiger partial charge on any atom is -0.163 e. The molecule has 0 bridgehead atoms. The number of benzene rings is 1. The number of nitrogens with zero attached hydrogens (tertiary/aromatic N) is 2. The minimum absolute atomic E-state index is 0.392. The molecule has 0 saturated carbocycles. The van der Waals surface area contributed by atoms with Crippen molar-refractivity contribution in [2.45, 2.75) is 19.3 Å². The highest BCUT2D eigenvalue weighted by Crippen LogP contribution is 2.19. The first-order valence-electron chi connectivity index (χ1n) is 4.51. The molecule has 1 aliphatic heterocycles. The lowest BCUT2D eigenvalue weighted by Gasteiger charge is -2.09. The van der Waals surface area contributed by atoms with Gasteiger partial charge in [0.15, 0.2) is 0 Å². The van der Waals surface area contributed by atoms with Gasteiger partial charge in [-0.3, -0.25) is 0 Å². The summed E-state index contributed by atoms with van der Waals surface area (Å²) >= 11 is 0. The van der Waals surface area contributed by atoms with E-state index in [0.29, 0.717) is 5.92 Å². The molecule has 0 spiro atoms. The summed E-state index contributed by atoms with van der Waals surface area (Å²) in [5.41, 5.74) is 2.47. The molecule has 2 heteroatoms. The Morgan fingerprint density at radius 3 is 2.62 bits per heavy atom. The molecular formula is C11H12N2. The van der Waals surface area contributed by atoms with E-state index in [0.717, 1.165) is 12.1 Å². The van der Waals surface area contributed by atoms with Gasteiger partial charge in [-0.25, -0.2) is 0 Å². The van der Waals surface area contributed by atoms with E-state index in [1.54, 1.807) is 0 Å². The van der Waals surface area contributed by atoms with Crippen molar-refractivity contribution in [2.75, 3.05) is 0 Å². The van der Waals surface area contributed by atoms with Gasteiger partial charge in [-0.15, -0.1) is 0 Å². The molecule has 1 aromatic rings. The van der Waals surface area contributed by atoms with E-state index in [1.165, 1.54) is 5.56 Å². The molecule has 0 N–H and O–H groups in total. The molecule has 0 aliphatic carbocycles. The van der Waals surface area contributed by atoms with Gasteiger partial charge in [0.2, 0.25) is 0 Å². The average Bonchev–Trinajstić information content (AvgIpc) is 2.71. The van der Waals surface area contributed by atoms with E-state index < -0.39 is 0 Å². The van der Waals surface area contributed by atoms with Crippen LogP contribution in [0.1, 0.15) is 24.8 Å². The van der Waals surface area contributed by atoms with Crippen molar-refractivity contribution in [3.63, 3.8) is 0 Å². The first-order valence-corrected chi connectivity index (χ1v) is 4.51. The van der Waals surface area contributed by atoms with Gasteiger partial charge in [-0.1, -0.05) is 37.3 Å². The van der Waals surface area contributed by atoms with E-state index in [9.17, 15) is 0 Å². The molecule has 0 radical (unpaired) electrons. The molecule has 66 valence electrons. The molecule has 2 rings (SSSR count). The summed E-state index contributed by atoms with van der Waals surface area (Å²) in [6.45, 7) is 2.17. The molecule has 1 heterocycles. The number of hydrogen-bond acceptors (Lipinski definition) is 2. The Hall–Kier alpha value is -1.44. The van der Waals surface area contributed by atoms with Gasteiger partial charge < -0.3 is 0 Å². The van der Waals surface area contributed by atoms with E-state index in [2.05, 4.69) is 41.4 Å². The van der Waals surface area contributed by atoms with Crippen LogP contribution in [0.15, 0.2) is 40.5 Å². The maximum atomic E-state index is 4.10. The van der Waals surface area contributed by atoms with Gasteiger partial charge in [-0.2, -0.15) is 10.2 Å². The Balaban J connectivity index is 2.18. The van der Waals surface area contributed by atoms with Crippen molar-refractivity contribution in [2.24, 2.45) is 10.2 Å². The lowest BCUT2D eigenvalue weighted by molar-refractivity contribution is 0.998. The van der Waals surface area contributed by atoms with Crippen LogP contribution in [0.3, 0.4) is 0 Å². The van der Waals surface area contributed by atoms with Crippen LogP contribution in [0.5, 0.6) is 0 Å². The molecule has 1 aromatic carbocycles. The lowest BCUT2D eigenvalue weighted by atomic mass is 9.95. The second-order valence-corrected chi connectivity index (χ2v) is 3.23. The summed E-state index contributed by atoms with van der Waals surface area (Å²) in [6, 6.07) is 10.4. The molecule has 1 aliphatic rings. The molecule has 13 heavy (non-hydrogen) atoms. The fourth-order valence-electron chi connectivity index (χ4n) is 1.49. The van der Waals surface area contributed by atoms with Crippen LogP contribution >= 0.6 is 0 Å². The second-order valence-electron chi connectivity index (χ2n) is 3.23. The molecule has 0 fully saturated rings. The molecule has 1 atom stereocenters. The first kappa shape index (κ1) is 8.17. The predicted octanol–water partition coefficient (Wildman–Crippen LogP) is 2.62. The Labute approximate surface area is 78.0 Å². The lowest BCUT2D eigenvalue weighted by Crippen LogP contribution is -2.06. The standard InChI is InChI=1S/C11H12N2/c1-9(11-7-8-12-13-11)10-5-3-2-4-6-10/h2-6,8-9H,7H2,1H3. The summed E-state index contributed by atoms with van der Waals surface area (Å²) in [5, 5.41) is 7.97. The highest BCUT2D eigenvalue weighted by molar-refractivity contribution is 6.02. The smallest absolute Gasteiger partial charge is 0.0531 e. The molecule has 1 unspecified atom stereocenters. The largest absolute Gasteiger partial charge is 0.163 e. The molecular weight excluding hydrogens is 160 g/mol. The zero-order valence-electron chi connectivity index (χ0n) is 7.64. The minimum atomic E-state index is 0.392. The van der Waals surface area contributed by atoms with Crippen molar-refractivity contribution < 1.29 is 0 Å². The van der Waals surface area contributed by atoms with E-state index in [-0.39, 0.29) is 0 Å². The van der Waals surface area contributed by atoms with Crippen molar-refractivity contribution >= 4 is 11.9 Å². The van der Waals surface area contributed by atoms with E-state index >= 15 is 0 Å². The molecule has 0 saturated heterocycles. The van der Waals surface area contributed by atoms with E-state index in [1.807, 2.05) is 12.3 Å². The SMILES string of the molecule is CC(C1=NN=CC1)c1ccccc1. The highest BCUT2D eigenvalue weighted by atomic mass is 15.2. The summed E-state index contributed by atoms with van der Waals surface area (Å²) < 4.78 is 0. The summed E-state index contributed by atoms with van der Waals surface area (Å²) in [4.78, 5) is 0. The Morgan fingerprint density at radius 2 is 2.00 bits per heavy atom. The number of hydrogen-bond donors (Lipinski definition) is 0. The van der Waals surface area contributed by atoms with Crippen LogP contribution in [0.4, 0.5) is 0 Å². The second kappa shape index (κ2) is 3.52. The topological polar surface area (TPSA) is 24.7 Å². The monoisotopic (exact) mass is 172 g/mol. The quantitative estimate of drug-likeness (QED) is 0.655. The van der Waals surface area contributed by atoms with Gasteiger partial charge >= 0.3 is 0 Å². The van der Waals surface area contributed by atoms with E-state index in [4.69, 9.17) is 0 Å². The normalized spacial score (nSPS) is 17.2. The van der Waals surface area contributed by atoms with Crippen LogP contribution in [0, 0.1) is 0 Å². The average molecular weight is 172 g/mol. The van der Waals surface area contributed by atoms with Gasteiger partial charge in [0, 0.05) is 18.6 Å². The Bertz CT molecular complexity index is 338. The van der Waals surface area contributed by atoms with Gasteiger partial charge in [0.05, 0.1) is 5.71 Å². The molecule has 0 amide bonds. The highest BCUT2D eigenvalue weighted by Gasteiger charge is 2.13. The third kappa shape index (κ3) is 1.66. The van der Waals surface area contributed by atoms with Gasteiger partial charge in [-0.05, 0) is 5.56 Å². The van der Waals surface area contributed by atoms with Crippen LogP contribution < -0.4 is 0 Å². The molecule has 2 nitrogen and oxygen atoms in total. The summed E-state index contributed by atoms with van der Waals surface area (Å²) in [5.74, 6) is 0.392. The third-order valence-corrected chi connectivity index (χ3v) is 2.37.